The van der Waals surface area contributed by atoms with Gasteiger partial charge in [0.05, 0.1) is 10.7 Å². The van der Waals surface area contributed by atoms with E-state index in [9.17, 15) is 9.50 Å². The molecule has 7 heteroatoms. The van der Waals surface area contributed by atoms with Gasteiger partial charge in [0.15, 0.2) is 0 Å². The summed E-state index contributed by atoms with van der Waals surface area (Å²) in [6, 6.07) is 0. The van der Waals surface area contributed by atoms with Crippen molar-refractivity contribution in [3.8, 4) is 5.88 Å². The Balaban J connectivity index is 0.00000121. The first-order chi connectivity index (χ1) is 5.04. The van der Waals surface area contributed by atoms with E-state index in [1.165, 1.54) is 0 Å². The second kappa shape index (κ2) is 4.48. The molecule has 0 aliphatic heterocycles. The van der Waals surface area contributed by atoms with Crippen molar-refractivity contribution in [1.82, 2.24) is 4.98 Å². The van der Waals surface area contributed by atoms with Gasteiger partial charge in [-0.25, -0.2) is 4.98 Å². The van der Waals surface area contributed by atoms with Crippen LogP contribution in [0.4, 0.5) is 10.1 Å². The van der Waals surface area contributed by atoms with Crippen LogP contribution in [-0.4, -0.2) is 4.98 Å². The third-order valence-electron chi connectivity index (χ3n) is 1.04. The van der Waals surface area contributed by atoms with Crippen LogP contribution >= 0.6 is 23.2 Å². The fourth-order valence-corrected chi connectivity index (χ4v) is 0.832. The molecule has 0 atom stereocenters. The van der Waals surface area contributed by atoms with E-state index in [1.807, 2.05) is 0 Å². The molecule has 0 saturated carbocycles. The molecule has 0 amide bonds. The Bertz CT molecular complexity index is 284. The van der Waals surface area contributed by atoms with Gasteiger partial charge in [0.25, 0.3) is 0 Å². The monoisotopic (exact) mass is 218 g/mol. The van der Waals surface area contributed by atoms with Crippen molar-refractivity contribution < 1.29 is 39.1 Å². The molecule has 0 radical (unpaired) electrons. The van der Waals surface area contributed by atoms with Crippen LogP contribution in [0.15, 0.2) is 0 Å². The van der Waals surface area contributed by atoms with E-state index in [0.717, 1.165) is 0 Å². The molecule has 12 heavy (non-hydrogen) atoms. The molecule has 0 saturated heterocycles. The van der Waals surface area contributed by atoms with Crippen molar-refractivity contribution in [3.05, 3.63) is 16.0 Å². The van der Waals surface area contributed by atoms with Crippen molar-refractivity contribution >= 4 is 28.9 Å². The van der Waals surface area contributed by atoms with Crippen molar-refractivity contribution in [2.75, 3.05) is 5.73 Å². The van der Waals surface area contributed by atoms with Gasteiger partial charge in [-0.15, -0.1) is 0 Å². The molecular weight excluding hydrogens is 217 g/mol. The number of rotatable bonds is 0. The van der Waals surface area contributed by atoms with Crippen LogP contribution in [-0.2, 0) is 0 Å². The van der Waals surface area contributed by atoms with Crippen molar-refractivity contribution in [2.24, 2.45) is 0 Å². The number of nitrogen functional groups attached to an aromatic ring is 1. The van der Waals surface area contributed by atoms with Gasteiger partial charge in [-0.3, -0.25) is 0 Å². The van der Waals surface area contributed by atoms with E-state index in [2.05, 4.69) is 4.98 Å². The molecule has 0 bridgehead atoms. The van der Waals surface area contributed by atoms with Gasteiger partial charge in [0, 0.05) is 5.88 Å². The van der Waals surface area contributed by atoms with E-state index < -0.39 is 16.9 Å². The number of anilines is 1. The molecular formula is C5H2Cl2FN2NaO. The summed E-state index contributed by atoms with van der Waals surface area (Å²) in [6.07, 6.45) is 0. The molecule has 3 nitrogen and oxygen atoms in total. The minimum absolute atomic E-state index is 0. The summed E-state index contributed by atoms with van der Waals surface area (Å²) in [7, 11) is 0. The molecule has 0 unspecified atom stereocenters. The number of hydrogen-bond donors (Lipinski definition) is 1. The van der Waals surface area contributed by atoms with Crippen molar-refractivity contribution in [1.29, 1.82) is 0 Å². The van der Waals surface area contributed by atoms with Crippen LogP contribution < -0.4 is 40.4 Å². The van der Waals surface area contributed by atoms with Crippen LogP contribution in [0.5, 0.6) is 5.88 Å². The number of nitrogens with zero attached hydrogens (tertiary/aromatic N) is 1. The maximum atomic E-state index is 12.4. The Morgan fingerprint density at radius 2 is 1.83 bits per heavy atom. The van der Waals surface area contributed by atoms with E-state index >= 15 is 0 Å². The standard InChI is InChI=1S/C5H3Cl2FN2O.Na/c6-1-3(9)2(7)5(11)10-4(1)8;/h(H3,9,10,11);/q;+1/p-1. The van der Waals surface area contributed by atoms with Gasteiger partial charge in [0.1, 0.15) is 5.02 Å². The van der Waals surface area contributed by atoms with Gasteiger partial charge in [-0.05, 0) is 0 Å². The first-order valence-corrected chi connectivity index (χ1v) is 3.26. The van der Waals surface area contributed by atoms with Gasteiger partial charge in [0.2, 0.25) is 5.95 Å². The number of nitrogens with two attached hydrogens (primary N) is 1. The molecule has 0 aliphatic rings. The van der Waals surface area contributed by atoms with Crippen molar-refractivity contribution in [2.45, 2.75) is 0 Å². The molecule has 0 fully saturated rings. The fraction of sp³-hybridized carbons (Fsp3) is 0. The Labute approximate surface area is 100.0 Å². The van der Waals surface area contributed by atoms with Crippen LogP contribution in [0.2, 0.25) is 10.0 Å². The summed E-state index contributed by atoms with van der Waals surface area (Å²) in [5.74, 6) is -2.01. The zero-order valence-electron chi connectivity index (χ0n) is 6.07. The molecule has 1 heterocycles. The maximum absolute atomic E-state index is 12.4. The van der Waals surface area contributed by atoms with E-state index in [0.29, 0.717) is 0 Å². The smallest absolute Gasteiger partial charge is 0.857 e. The summed E-state index contributed by atoms with van der Waals surface area (Å²) in [5, 5.41) is 9.82. The van der Waals surface area contributed by atoms with Crippen LogP contribution in [0.1, 0.15) is 0 Å². The van der Waals surface area contributed by atoms with Gasteiger partial charge < -0.3 is 10.8 Å². The molecule has 1 aromatic heterocycles. The number of halogens is 3. The molecule has 2 N–H and O–H groups in total. The predicted octanol–water partition coefficient (Wildman–Crippen LogP) is -1.81. The summed E-state index contributed by atoms with van der Waals surface area (Å²) < 4.78 is 12.4. The summed E-state index contributed by atoms with van der Waals surface area (Å²) in [5.41, 5.74) is 4.87. The van der Waals surface area contributed by atoms with Gasteiger partial charge in [-0.2, -0.15) is 4.39 Å². The number of pyridine rings is 1. The zero-order chi connectivity index (χ0) is 8.59. The number of aromatic nitrogens is 1. The molecule has 0 aromatic carbocycles. The Morgan fingerprint density at radius 1 is 1.33 bits per heavy atom. The maximum Gasteiger partial charge on any atom is 1.00 e. The second-order valence-electron chi connectivity index (χ2n) is 1.75. The van der Waals surface area contributed by atoms with Crippen LogP contribution in [0.25, 0.3) is 0 Å². The fourth-order valence-electron chi connectivity index (χ4n) is 0.510. The third kappa shape index (κ3) is 2.14. The molecule has 1 aromatic rings. The van der Waals surface area contributed by atoms with Crippen LogP contribution in [0, 0.1) is 5.95 Å². The Morgan fingerprint density at radius 3 is 2.33 bits per heavy atom. The van der Waals surface area contributed by atoms with Gasteiger partial charge >= 0.3 is 29.6 Å². The summed E-state index contributed by atoms with van der Waals surface area (Å²) in [6.45, 7) is 0. The third-order valence-corrected chi connectivity index (χ3v) is 1.77. The topological polar surface area (TPSA) is 62.0 Å². The van der Waals surface area contributed by atoms with E-state index in [-0.39, 0.29) is 40.3 Å². The largest absolute Gasteiger partial charge is 1.00 e. The zero-order valence-corrected chi connectivity index (χ0v) is 9.58. The minimum atomic E-state index is -1.10. The van der Waals surface area contributed by atoms with E-state index in [1.54, 1.807) is 0 Å². The predicted molar refractivity (Wildman–Crippen MR) is 38.1 cm³/mol. The quantitative estimate of drug-likeness (QED) is 0.413. The molecule has 60 valence electrons. The summed E-state index contributed by atoms with van der Waals surface area (Å²) in [4.78, 5) is 2.87. The van der Waals surface area contributed by atoms with Crippen molar-refractivity contribution in [3.63, 3.8) is 0 Å². The summed E-state index contributed by atoms with van der Waals surface area (Å²) >= 11 is 10.6. The Hall–Kier alpha value is 0.260. The normalized spacial score (nSPS) is 9.25. The number of hydrogen-bond acceptors (Lipinski definition) is 3. The molecule has 1 rings (SSSR count). The SMILES string of the molecule is Nc1c(Cl)c([O-])nc(F)c1Cl.[Na+]. The van der Waals surface area contributed by atoms with Crippen LogP contribution in [0.3, 0.4) is 0 Å². The average molecular weight is 219 g/mol. The first kappa shape index (κ1) is 12.3. The minimum Gasteiger partial charge on any atom is -0.857 e. The molecule has 0 aliphatic carbocycles. The van der Waals surface area contributed by atoms with Gasteiger partial charge in [-0.1, -0.05) is 23.2 Å². The second-order valence-corrected chi connectivity index (χ2v) is 2.51. The Kier molecular flexibility index (Phi) is 4.58. The first-order valence-electron chi connectivity index (χ1n) is 2.51. The average Bonchev–Trinajstić information content (AvgIpc) is 1.97. The van der Waals surface area contributed by atoms with E-state index in [4.69, 9.17) is 28.9 Å². The molecule has 0 spiro atoms.